The minimum Gasteiger partial charge on any atom is -0.367 e. The molecule has 0 atom stereocenters. The van der Waals surface area contributed by atoms with Gasteiger partial charge < -0.3 is 4.98 Å². The van der Waals surface area contributed by atoms with Gasteiger partial charge in [-0.1, -0.05) is 12.2 Å². The van der Waals surface area contributed by atoms with E-state index in [9.17, 15) is 0 Å². The standard InChI is InChI=1S/C7H9N/c1-2-3-7-4-5-8-6-7/h2-6,8H,1H3/b3-2-. The fourth-order valence-corrected chi connectivity index (χ4v) is 0.633. The molecule has 0 radical (unpaired) electrons. The van der Waals surface area contributed by atoms with Gasteiger partial charge in [0.05, 0.1) is 0 Å². The molecule has 0 unspecified atom stereocenters. The molecule has 1 heterocycles. The molecule has 0 aliphatic heterocycles. The van der Waals surface area contributed by atoms with Crippen molar-refractivity contribution in [3.63, 3.8) is 0 Å². The first-order chi connectivity index (χ1) is 3.93. The van der Waals surface area contributed by atoms with E-state index < -0.39 is 0 Å². The summed E-state index contributed by atoms with van der Waals surface area (Å²) in [6.07, 6.45) is 7.94. The van der Waals surface area contributed by atoms with Crippen molar-refractivity contribution in [2.45, 2.75) is 6.92 Å². The van der Waals surface area contributed by atoms with Crippen LogP contribution in [0.3, 0.4) is 0 Å². The lowest BCUT2D eigenvalue weighted by molar-refractivity contribution is 1.41. The van der Waals surface area contributed by atoms with Crippen LogP contribution in [0.4, 0.5) is 0 Å². The fraction of sp³-hybridized carbons (Fsp3) is 0.143. The summed E-state index contributed by atoms with van der Waals surface area (Å²) in [5.41, 5.74) is 1.23. The first-order valence-electron chi connectivity index (χ1n) is 2.69. The second-order valence-corrected chi connectivity index (χ2v) is 1.64. The van der Waals surface area contributed by atoms with Crippen LogP contribution >= 0.6 is 0 Å². The van der Waals surface area contributed by atoms with Crippen LogP contribution in [0.2, 0.25) is 0 Å². The SMILES string of the molecule is C/C=C\c1cc[nH]c1. The Kier molecular flexibility index (Phi) is 1.52. The van der Waals surface area contributed by atoms with E-state index in [1.807, 2.05) is 31.5 Å². The Bertz CT molecular complexity index is 161. The molecule has 0 aliphatic rings. The summed E-state index contributed by atoms with van der Waals surface area (Å²) >= 11 is 0. The van der Waals surface area contributed by atoms with Gasteiger partial charge in [-0.3, -0.25) is 0 Å². The average molecular weight is 107 g/mol. The van der Waals surface area contributed by atoms with E-state index in [2.05, 4.69) is 11.1 Å². The van der Waals surface area contributed by atoms with E-state index in [0.717, 1.165) is 0 Å². The van der Waals surface area contributed by atoms with Crippen molar-refractivity contribution >= 4 is 6.08 Å². The number of hydrogen-bond acceptors (Lipinski definition) is 0. The van der Waals surface area contributed by atoms with E-state index in [1.165, 1.54) is 5.56 Å². The molecule has 1 aromatic rings. The predicted octanol–water partition coefficient (Wildman–Crippen LogP) is 2.05. The average Bonchev–Trinajstić information content (AvgIpc) is 2.19. The molecule has 0 fully saturated rings. The smallest absolute Gasteiger partial charge is 0.00779 e. The Morgan fingerprint density at radius 1 is 1.62 bits per heavy atom. The van der Waals surface area contributed by atoms with Gasteiger partial charge in [0, 0.05) is 12.4 Å². The maximum atomic E-state index is 2.96. The topological polar surface area (TPSA) is 15.8 Å². The van der Waals surface area contributed by atoms with Crippen LogP contribution in [0, 0.1) is 0 Å². The highest BCUT2D eigenvalue weighted by Gasteiger charge is 1.78. The molecule has 0 bridgehead atoms. The summed E-state index contributed by atoms with van der Waals surface area (Å²) in [6, 6.07) is 2.03. The van der Waals surface area contributed by atoms with E-state index in [0.29, 0.717) is 0 Å². The van der Waals surface area contributed by atoms with E-state index in [1.54, 1.807) is 0 Å². The third-order valence-corrected chi connectivity index (χ3v) is 0.981. The monoisotopic (exact) mass is 107 g/mol. The summed E-state index contributed by atoms with van der Waals surface area (Å²) in [7, 11) is 0. The Labute approximate surface area is 49.0 Å². The minimum atomic E-state index is 1.23. The highest BCUT2D eigenvalue weighted by molar-refractivity contribution is 5.46. The van der Waals surface area contributed by atoms with Gasteiger partial charge >= 0.3 is 0 Å². The number of nitrogens with one attached hydrogen (secondary N) is 1. The molecule has 0 amide bonds. The van der Waals surface area contributed by atoms with Gasteiger partial charge in [-0.2, -0.15) is 0 Å². The zero-order chi connectivity index (χ0) is 5.82. The lowest BCUT2D eigenvalue weighted by Crippen LogP contribution is -1.55. The van der Waals surface area contributed by atoms with Crippen LogP contribution in [0.1, 0.15) is 12.5 Å². The van der Waals surface area contributed by atoms with Crippen molar-refractivity contribution in [3.05, 3.63) is 30.1 Å². The van der Waals surface area contributed by atoms with Gasteiger partial charge in [-0.15, -0.1) is 0 Å². The molecule has 1 rings (SSSR count). The highest BCUT2D eigenvalue weighted by Crippen LogP contribution is 1.97. The molecule has 1 heteroatoms. The van der Waals surface area contributed by atoms with E-state index >= 15 is 0 Å². The summed E-state index contributed by atoms with van der Waals surface area (Å²) in [4.78, 5) is 2.96. The molecular weight excluding hydrogens is 98.1 g/mol. The van der Waals surface area contributed by atoms with Gasteiger partial charge in [-0.05, 0) is 18.6 Å². The molecule has 0 aromatic carbocycles. The Hall–Kier alpha value is -0.980. The summed E-state index contributed by atoms with van der Waals surface area (Å²) in [5.74, 6) is 0. The van der Waals surface area contributed by atoms with Gasteiger partial charge in [0.15, 0.2) is 0 Å². The van der Waals surface area contributed by atoms with Crippen molar-refractivity contribution in [1.82, 2.24) is 4.98 Å². The van der Waals surface area contributed by atoms with Gasteiger partial charge in [-0.25, -0.2) is 0 Å². The first-order valence-corrected chi connectivity index (χ1v) is 2.69. The molecule has 1 nitrogen and oxygen atoms in total. The number of aromatic amines is 1. The van der Waals surface area contributed by atoms with E-state index in [4.69, 9.17) is 0 Å². The quantitative estimate of drug-likeness (QED) is 0.565. The van der Waals surface area contributed by atoms with Crippen molar-refractivity contribution in [2.24, 2.45) is 0 Å². The van der Waals surface area contributed by atoms with Crippen LogP contribution < -0.4 is 0 Å². The Morgan fingerprint density at radius 2 is 2.50 bits per heavy atom. The molecule has 1 N–H and O–H groups in total. The van der Waals surface area contributed by atoms with Crippen molar-refractivity contribution in [2.75, 3.05) is 0 Å². The molecular formula is C7H9N. The van der Waals surface area contributed by atoms with Crippen LogP contribution in [0.15, 0.2) is 24.5 Å². The molecule has 1 aromatic heterocycles. The molecule has 0 saturated carbocycles. The van der Waals surface area contributed by atoms with E-state index in [-0.39, 0.29) is 0 Å². The Morgan fingerprint density at radius 3 is 3.00 bits per heavy atom. The number of aromatic nitrogens is 1. The normalized spacial score (nSPS) is 10.6. The lowest BCUT2D eigenvalue weighted by Gasteiger charge is -1.75. The molecule has 0 spiro atoms. The van der Waals surface area contributed by atoms with Gasteiger partial charge in [0.25, 0.3) is 0 Å². The predicted molar refractivity (Wildman–Crippen MR) is 35.5 cm³/mol. The van der Waals surface area contributed by atoms with Gasteiger partial charge in [0.1, 0.15) is 0 Å². The largest absolute Gasteiger partial charge is 0.367 e. The third-order valence-electron chi connectivity index (χ3n) is 0.981. The fourth-order valence-electron chi connectivity index (χ4n) is 0.633. The second-order valence-electron chi connectivity index (χ2n) is 1.64. The van der Waals surface area contributed by atoms with Crippen LogP contribution in [-0.4, -0.2) is 4.98 Å². The first kappa shape index (κ1) is 5.16. The van der Waals surface area contributed by atoms with Crippen LogP contribution in [0.25, 0.3) is 6.08 Å². The zero-order valence-electron chi connectivity index (χ0n) is 4.89. The number of hydrogen-bond donors (Lipinski definition) is 1. The molecule has 0 saturated heterocycles. The minimum absolute atomic E-state index is 1.23. The van der Waals surface area contributed by atoms with Crippen LogP contribution in [-0.2, 0) is 0 Å². The highest BCUT2D eigenvalue weighted by atomic mass is 14.6. The number of H-pyrrole nitrogens is 1. The molecule has 8 heavy (non-hydrogen) atoms. The summed E-state index contributed by atoms with van der Waals surface area (Å²) in [5, 5.41) is 0. The van der Waals surface area contributed by atoms with Crippen molar-refractivity contribution in [3.8, 4) is 0 Å². The van der Waals surface area contributed by atoms with Crippen molar-refractivity contribution in [1.29, 1.82) is 0 Å². The third kappa shape index (κ3) is 0.997. The summed E-state index contributed by atoms with van der Waals surface area (Å²) < 4.78 is 0. The van der Waals surface area contributed by atoms with Crippen molar-refractivity contribution < 1.29 is 0 Å². The lowest BCUT2D eigenvalue weighted by atomic mass is 10.3. The summed E-state index contributed by atoms with van der Waals surface area (Å²) in [6.45, 7) is 2.01. The molecule has 42 valence electrons. The molecule has 0 aliphatic carbocycles. The zero-order valence-corrected chi connectivity index (χ0v) is 4.89. The van der Waals surface area contributed by atoms with Gasteiger partial charge in [0.2, 0.25) is 0 Å². The maximum Gasteiger partial charge on any atom is 0.00779 e. The van der Waals surface area contributed by atoms with Crippen LogP contribution in [0.5, 0.6) is 0 Å². The maximum absolute atomic E-state index is 2.96. The number of rotatable bonds is 1. The second kappa shape index (κ2) is 2.36. The number of allylic oxidation sites excluding steroid dienone is 1. The Balaban J connectivity index is 2.77.